The minimum Gasteiger partial charge on any atom is -0.480 e. The minimum atomic E-state index is -0.969. The van der Waals surface area contributed by atoms with Crippen molar-refractivity contribution < 1.29 is 19.5 Å². The third-order valence-corrected chi connectivity index (χ3v) is 5.03. The molecule has 2 heterocycles. The lowest BCUT2D eigenvalue weighted by Crippen LogP contribution is -2.48. The lowest BCUT2D eigenvalue weighted by molar-refractivity contribution is -0.144. The molecule has 1 aliphatic rings. The van der Waals surface area contributed by atoms with Crippen LogP contribution in [0.3, 0.4) is 0 Å². The number of carboxylic acid groups (broad SMARTS) is 1. The summed E-state index contributed by atoms with van der Waals surface area (Å²) < 4.78 is 0. The van der Waals surface area contributed by atoms with Crippen LogP contribution in [-0.4, -0.2) is 57.3 Å². The second-order valence-electron chi connectivity index (χ2n) is 7.72. The minimum absolute atomic E-state index is 0.0125. The molecule has 0 saturated carbocycles. The molecule has 1 aliphatic heterocycles. The van der Waals surface area contributed by atoms with E-state index < -0.39 is 12.0 Å². The summed E-state index contributed by atoms with van der Waals surface area (Å²) in [5, 5.41) is 11.8. The van der Waals surface area contributed by atoms with Gasteiger partial charge in [0.1, 0.15) is 6.04 Å². The third-order valence-electron chi connectivity index (χ3n) is 4.21. The molecule has 2 rings (SSSR count). The van der Waals surface area contributed by atoms with Gasteiger partial charge in [-0.1, -0.05) is 27.7 Å². The van der Waals surface area contributed by atoms with Crippen molar-refractivity contribution in [3.05, 3.63) is 16.1 Å². The fourth-order valence-electron chi connectivity index (χ4n) is 3.41. The highest BCUT2D eigenvalue weighted by Gasteiger charge is 2.41. The van der Waals surface area contributed by atoms with Crippen LogP contribution in [0.15, 0.2) is 5.38 Å². The molecule has 25 heavy (non-hydrogen) atoms. The smallest absolute Gasteiger partial charge is 0.326 e. The zero-order chi connectivity index (χ0) is 18.8. The van der Waals surface area contributed by atoms with E-state index in [0.29, 0.717) is 43.0 Å². The first-order chi connectivity index (χ1) is 11.6. The molecule has 8 heteroatoms. The zero-order valence-electron chi connectivity index (χ0n) is 15.1. The topological polar surface area (TPSA) is 90.8 Å². The van der Waals surface area contributed by atoms with Gasteiger partial charge in [-0.15, -0.1) is 11.3 Å². The van der Waals surface area contributed by atoms with Crippen LogP contribution in [0.5, 0.6) is 0 Å². The van der Waals surface area contributed by atoms with Gasteiger partial charge in [0.05, 0.1) is 12.2 Å². The summed E-state index contributed by atoms with van der Waals surface area (Å²) in [6, 6.07) is -1.12. The first-order valence-electron chi connectivity index (χ1n) is 8.30. The summed E-state index contributed by atoms with van der Waals surface area (Å²) >= 11 is 1.23. The SMILES string of the molecule is CC(CC(C)(C)C)[C@@H](C(=O)O)N1CCN(Cc2csc(C=O)n2)C1=O. The normalized spacial score (nSPS) is 17.7. The Labute approximate surface area is 151 Å². The fraction of sp³-hybridized carbons (Fsp3) is 0.647. The van der Waals surface area contributed by atoms with Crippen LogP contribution in [0.25, 0.3) is 0 Å². The van der Waals surface area contributed by atoms with Crippen LogP contribution < -0.4 is 0 Å². The van der Waals surface area contributed by atoms with E-state index in [1.165, 1.54) is 16.2 Å². The second kappa shape index (κ2) is 7.51. The summed E-state index contributed by atoms with van der Waals surface area (Å²) in [6.45, 7) is 9.21. The Balaban J connectivity index is 2.09. The van der Waals surface area contributed by atoms with Gasteiger partial charge in [-0.3, -0.25) is 4.79 Å². The monoisotopic (exact) mass is 367 g/mol. The maximum absolute atomic E-state index is 12.7. The number of aromatic nitrogens is 1. The van der Waals surface area contributed by atoms with Crippen LogP contribution in [-0.2, 0) is 11.3 Å². The molecule has 1 aromatic rings. The molecule has 7 nitrogen and oxygen atoms in total. The van der Waals surface area contributed by atoms with E-state index >= 15 is 0 Å². The molecule has 0 aliphatic carbocycles. The van der Waals surface area contributed by atoms with Gasteiger partial charge in [-0.25, -0.2) is 14.6 Å². The lowest BCUT2D eigenvalue weighted by atomic mass is 9.82. The Bertz CT molecular complexity index is 653. The van der Waals surface area contributed by atoms with Crippen molar-refractivity contribution in [1.29, 1.82) is 0 Å². The molecule has 138 valence electrons. The maximum Gasteiger partial charge on any atom is 0.326 e. The van der Waals surface area contributed by atoms with E-state index in [0.717, 1.165) is 0 Å². The predicted octanol–water partition coefficient (Wildman–Crippen LogP) is 2.72. The summed E-state index contributed by atoms with van der Waals surface area (Å²) in [5.41, 5.74) is 0.637. The van der Waals surface area contributed by atoms with E-state index in [-0.39, 0.29) is 17.4 Å². The zero-order valence-corrected chi connectivity index (χ0v) is 15.9. The van der Waals surface area contributed by atoms with Crippen molar-refractivity contribution in [3.8, 4) is 0 Å². The maximum atomic E-state index is 12.7. The van der Waals surface area contributed by atoms with E-state index in [1.807, 2.05) is 6.92 Å². The Hall–Kier alpha value is -1.96. The number of aliphatic carboxylic acids is 1. The number of hydrogen-bond acceptors (Lipinski definition) is 5. The van der Waals surface area contributed by atoms with Gasteiger partial charge in [-0.2, -0.15) is 0 Å². The molecule has 2 atom stereocenters. The van der Waals surface area contributed by atoms with Gasteiger partial charge in [-0.05, 0) is 17.8 Å². The van der Waals surface area contributed by atoms with Crippen LogP contribution >= 0.6 is 11.3 Å². The molecular weight excluding hydrogens is 342 g/mol. The highest BCUT2D eigenvalue weighted by Crippen LogP contribution is 2.30. The number of hydrogen-bond donors (Lipinski definition) is 1. The van der Waals surface area contributed by atoms with Gasteiger partial charge in [0, 0.05) is 18.5 Å². The second-order valence-corrected chi connectivity index (χ2v) is 8.61. The van der Waals surface area contributed by atoms with Crippen LogP contribution in [0.4, 0.5) is 4.79 Å². The number of nitrogens with zero attached hydrogens (tertiary/aromatic N) is 3. The number of carbonyl (C=O) groups excluding carboxylic acids is 2. The lowest BCUT2D eigenvalue weighted by Gasteiger charge is -2.32. The first-order valence-corrected chi connectivity index (χ1v) is 9.18. The number of urea groups is 1. The number of carboxylic acids is 1. The van der Waals surface area contributed by atoms with Crippen LogP contribution in [0.1, 0.15) is 49.6 Å². The molecule has 0 radical (unpaired) electrons. The largest absolute Gasteiger partial charge is 0.480 e. The third kappa shape index (κ3) is 4.78. The standard InChI is InChI=1S/C17H25N3O4S/c1-11(7-17(2,3)4)14(15(22)23)20-6-5-19(16(20)24)8-12-10-25-13(9-21)18-12/h9-11,14H,5-8H2,1-4H3,(H,22,23)/t11?,14-/m0/s1. The summed E-state index contributed by atoms with van der Waals surface area (Å²) in [7, 11) is 0. The van der Waals surface area contributed by atoms with E-state index in [9.17, 15) is 19.5 Å². The Morgan fingerprint density at radius 1 is 1.44 bits per heavy atom. The molecule has 1 aromatic heterocycles. The summed E-state index contributed by atoms with van der Waals surface area (Å²) in [4.78, 5) is 42.4. The van der Waals surface area contributed by atoms with Crippen molar-refractivity contribution in [3.63, 3.8) is 0 Å². The number of aldehydes is 1. The van der Waals surface area contributed by atoms with Gasteiger partial charge < -0.3 is 14.9 Å². The van der Waals surface area contributed by atoms with E-state index in [2.05, 4.69) is 25.8 Å². The number of thiazole rings is 1. The number of rotatable bonds is 7. The molecular formula is C17H25N3O4S. The molecule has 0 aromatic carbocycles. The first kappa shape index (κ1) is 19.4. The highest BCUT2D eigenvalue weighted by molar-refractivity contribution is 7.11. The average molecular weight is 367 g/mol. The molecule has 0 spiro atoms. The van der Waals surface area contributed by atoms with Crippen LogP contribution in [0, 0.1) is 11.3 Å². The Morgan fingerprint density at radius 2 is 2.12 bits per heavy atom. The molecule has 1 N–H and O–H groups in total. The molecule has 1 saturated heterocycles. The van der Waals surface area contributed by atoms with Gasteiger partial charge in [0.2, 0.25) is 0 Å². The van der Waals surface area contributed by atoms with Crippen molar-refractivity contribution in [2.24, 2.45) is 11.3 Å². The van der Waals surface area contributed by atoms with Gasteiger partial charge >= 0.3 is 12.0 Å². The van der Waals surface area contributed by atoms with Crippen molar-refractivity contribution in [1.82, 2.24) is 14.8 Å². The Morgan fingerprint density at radius 3 is 2.64 bits per heavy atom. The van der Waals surface area contributed by atoms with Crippen molar-refractivity contribution in [2.75, 3.05) is 13.1 Å². The summed E-state index contributed by atoms with van der Waals surface area (Å²) in [5.74, 6) is -1.12. The van der Waals surface area contributed by atoms with Crippen LogP contribution in [0.2, 0.25) is 0 Å². The average Bonchev–Trinajstić information content (AvgIpc) is 3.07. The highest BCUT2D eigenvalue weighted by atomic mass is 32.1. The van der Waals surface area contributed by atoms with Gasteiger partial charge in [0.15, 0.2) is 11.3 Å². The van der Waals surface area contributed by atoms with E-state index in [4.69, 9.17) is 0 Å². The van der Waals surface area contributed by atoms with Gasteiger partial charge in [0.25, 0.3) is 0 Å². The predicted molar refractivity (Wildman–Crippen MR) is 94.7 cm³/mol. The molecule has 1 unspecified atom stereocenters. The number of carbonyl (C=O) groups is 3. The molecule has 0 bridgehead atoms. The van der Waals surface area contributed by atoms with Crippen molar-refractivity contribution >= 4 is 29.6 Å². The fourth-order valence-corrected chi connectivity index (χ4v) is 4.02. The molecule has 2 amide bonds. The molecule has 1 fully saturated rings. The summed E-state index contributed by atoms with van der Waals surface area (Å²) in [6.07, 6.45) is 1.39. The Kier molecular flexibility index (Phi) is 5.82. The quantitative estimate of drug-likeness (QED) is 0.748. The van der Waals surface area contributed by atoms with Crippen molar-refractivity contribution in [2.45, 2.75) is 46.7 Å². The van der Waals surface area contributed by atoms with E-state index in [1.54, 1.807) is 10.3 Å². The number of amides is 2.